The van der Waals surface area contributed by atoms with Crippen molar-refractivity contribution in [1.29, 1.82) is 0 Å². The molecule has 86 valence electrons. The number of halogens is 1. The van der Waals surface area contributed by atoms with Gasteiger partial charge in [-0.2, -0.15) is 0 Å². The Labute approximate surface area is 101 Å². The highest BCUT2D eigenvalue weighted by molar-refractivity contribution is 7.09. The van der Waals surface area contributed by atoms with Crippen LogP contribution in [0.5, 0.6) is 0 Å². The summed E-state index contributed by atoms with van der Waals surface area (Å²) >= 11 is 7.43. The van der Waals surface area contributed by atoms with E-state index in [1.165, 1.54) is 18.0 Å². The molecule has 4 heteroatoms. The molecule has 0 aromatic carbocycles. The first-order chi connectivity index (χ1) is 7.30. The summed E-state index contributed by atoms with van der Waals surface area (Å²) in [6, 6.07) is 0. The maximum atomic E-state index is 5.71. The van der Waals surface area contributed by atoms with Crippen molar-refractivity contribution in [3.05, 3.63) is 16.1 Å². The van der Waals surface area contributed by atoms with E-state index in [1.807, 2.05) is 0 Å². The highest BCUT2D eigenvalue weighted by atomic mass is 35.5. The predicted octanol–water partition coefficient (Wildman–Crippen LogP) is 3.16. The van der Waals surface area contributed by atoms with Crippen molar-refractivity contribution in [3.63, 3.8) is 0 Å². The molecule has 0 aliphatic rings. The van der Waals surface area contributed by atoms with E-state index in [9.17, 15) is 0 Å². The van der Waals surface area contributed by atoms with Gasteiger partial charge >= 0.3 is 0 Å². The zero-order valence-corrected chi connectivity index (χ0v) is 11.1. The summed E-state index contributed by atoms with van der Waals surface area (Å²) in [5.41, 5.74) is 1.01. The van der Waals surface area contributed by atoms with E-state index < -0.39 is 0 Å². The van der Waals surface area contributed by atoms with Crippen molar-refractivity contribution in [2.45, 2.75) is 32.6 Å². The molecule has 0 N–H and O–H groups in total. The molecule has 1 aromatic heterocycles. The standard InChI is InChI=1S/C11H19ClN2S/c1-3-14(4-2)7-5-6-11-13-10(8-12)9-15-11/h9H,3-8H2,1-2H3. The molecule has 1 heterocycles. The third-order valence-electron chi connectivity index (χ3n) is 2.50. The van der Waals surface area contributed by atoms with Crippen LogP contribution in [0.15, 0.2) is 5.38 Å². The monoisotopic (exact) mass is 246 g/mol. The van der Waals surface area contributed by atoms with Crippen LogP contribution in [0, 0.1) is 0 Å². The van der Waals surface area contributed by atoms with Gasteiger partial charge in [-0.1, -0.05) is 13.8 Å². The first-order valence-electron chi connectivity index (χ1n) is 5.51. The van der Waals surface area contributed by atoms with Gasteiger partial charge in [-0.3, -0.25) is 0 Å². The molecule has 0 radical (unpaired) electrons. The minimum Gasteiger partial charge on any atom is -0.304 e. The average Bonchev–Trinajstić information content (AvgIpc) is 2.72. The molecule has 0 bridgehead atoms. The fourth-order valence-corrected chi connectivity index (χ4v) is 2.59. The summed E-state index contributed by atoms with van der Waals surface area (Å²) in [5.74, 6) is 0.534. The van der Waals surface area contributed by atoms with Crippen LogP contribution in [-0.2, 0) is 12.3 Å². The van der Waals surface area contributed by atoms with Crippen LogP contribution in [0.25, 0.3) is 0 Å². The van der Waals surface area contributed by atoms with Crippen LogP contribution >= 0.6 is 22.9 Å². The lowest BCUT2D eigenvalue weighted by Gasteiger charge is -2.16. The fourth-order valence-electron chi connectivity index (χ4n) is 1.52. The Hall–Kier alpha value is -0.120. The molecule has 0 fully saturated rings. The number of nitrogens with zero attached hydrogens (tertiary/aromatic N) is 2. The van der Waals surface area contributed by atoms with Crippen LogP contribution in [0.2, 0.25) is 0 Å². The average molecular weight is 247 g/mol. The molecular formula is C11H19ClN2S. The number of hydrogen-bond acceptors (Lipinski definition) is 3. The van der Waals surface area contributed by atoms with E-state index in [-0.39, 0.29) is 0 Å². The highest BCUT2D eigenvalue weighted by Gasteiger charge is 2.02. The Balaban J connectivity index is 2.25. The molecular weight excluding hydrogens is 228 g/mol. The van der Waals surface area contributed by atoms with Crippen molar-refractivity contribution in [1.82, 2.24) is 9.88 Å². The molecule has 0 amide bonds. The second-order valence-corrected chi connectivity index (χ2v) is 4.71. The molecule has 0 saturated heterocycles. The van der Waals surface area contributed by atoms with Gasteiger partial charge in [0.1, 0.15) is 0 Å². The molecule has 15 heavy (non-hydrogen) atoms. The fraction of sp³-hybridized carbons (Fsp3) is 0.727. The van der Waals surface area contributed by atoms with E-state index in [0.29, 0.717) is 5.88 Å². The number of rotatable bonds is 7. The first kappa shape index (κ1) is 12.9. The lowest BCUT2D eigenvalue weighted by molar-refractivity contribution is 0.300. The SMILES string of the molecule is CCN(CC)CCCc1nc(CCl)cs1. The molecule has 1 rings (SSSR count). The van der Waals surface area contributed by atoms with Gasteiger partial charge in [0.25, 0.3) is 0 Å². The summed E-state index contributed by atoms with van der Waals surface area (Å²) in [7, 11) is 0. The maximum absolute atomic E-state index is 5.71. The molecule has 2 nitrogen and oxygen atoms in total. The van der Waals surface area contributed by atoms with Crippen LogP contribution in [0.4, 0.5) is 0 Å². The van der Waals surface area contributed by atoms with Gasteiger partial charge in [0.2, 0.25) is 0 Å². The Bertz CT molecular complexity index is 271. The van der Waals surface area contributed by atoms with Crippen molar-refractivity contribution < 1.29 is 0 Å². The van der Waals surface area contributed by atoms with Crippen LogP contribution in [0.1, 0.15) is 31.0 Å². The molecule has 0 spiro atoms. The summed E-state index contributed by atoms with van der Waals surface area (Å²) < 4.78 is 0. The number of hydrogen-bond donors (Lipinski definition) is 0. The molecule has 0 unspecified atom stereocenters. The van der Waals surface area contributed by atoms with Crippen molar-refractivity contribution >= 4 is 22.9 Å². The maximum Gasteiger partial charge on any atom is 0.0929 e. The summed E-state index contributed by atoms with van der Waals surface area (Å²) in [5, 5.41) is 3.28. The minimum atomic E-state index is 0.534. The minimum absolute atomic E-state index is 0.534. The Morgan fingerprint density at radius 3 is 2.67 bits per heavy atom. The molecule has 0 saturated carbocycles. The molecule has 0 atom stereocenters. The number of thiazole rings is 1. The molecule has 1 aromatic rings. The number of alkyl halides is 1. The lowest BCUT2D eigenvalue weighted by Crippen LogP contribution is -2.24. The van der Waals surface area contributed by atoms with Gasteiger partial charge in [0.15, 0.2) is 0 Å². The lowest BCUT2D eigenvalue weighted by atomic mass is 10.3. The quantitative estimate of drug-likeness (QED) is 0.687. The predicted molar refractivity (Wildman–Crippen MR) is 67.8 cm³/mol. The van der Waals surface area contributed by atoms with E-state index in [2.05, 4.69) is 29.1 Å². The summed E-state index contributed by atoms with van der Waals surface area (Å²) in [4.78, 5) is 6.89. The topological polar surface area (TPSA) is 16.1 Å². The first-order valence-corrected chi connectivity index (χ1v) is 6.93. The van der Waals surface area contributed by atoms with Crippen LogP contribution in [0.3, 0.4) is 0 Å². The van der Waals surface area contributed by atoms with Gasteiger partial charge in [-0.15, -0.1) is 22.9 Å². The summed E-state index contributed by atoms with van der Waals surface area (Å²) in [6.45, 7) is 7.86. The Kier molecular flexibility index (Phi) is 6.22. The molecule has 0 aliphatic carbocycles. The van der Waals surface area contributed by atoms with Gasteiger partial charge < -0.3 is 4.90 Å². The van der Waals surface area contributed by atoms with E-state index in [0.717, 1.165) is 25.2 Å². The number of aryl methyl sites for hydroxylation is 1. The van der Waals surface area contributed by atoms with Crippen LogP contribution < -0.4 is 0 Å². The van der Waals surface area contributed by atoms with E-state index in [1.54, 1.807) is 11.3 Å². The van der Waals surface area contributed by atoms with Gasteiger partial charge in [-0.25, -0.2) is 4.98 Å². The zero-order chi connectivity index (χ0) is 11.1. The second-order valence-electron chi connectivity index (χ2n) is 3.50. The van der Waals surface area contributed by atoms with E-state index in [4.69, 9.17) is 11.6 Å². The van der Waals surface area contributed by atoms with Gasteiger partial charge in [0, 0.05) is 11.8 Å². The van der Waals surface area contributed by atoms with Crippen molar-refractivity contribution in [3.8, 4) is 0 Å². The Morgan fingerprint density at radius 1 is 1.40 bits per heavy atom. The normalized spacial score (nSPS) is 11.2. The number of aromatic nitrogens is 1. The second kappa shape index (κ2) is 7.20. The largest absolute Gasteiger partial charge is 0.304 e. The van der Waals surface area contributed by atoms with Crippen molar-refractivity contribution in [2.24, 2.45) is 0 Å². The third-order valence-corrected chi connectivity index (χ3v) is 3.73. The Morgan fingerprint density at radius 2 is 2.13 bits per heavy atom. The van der Waals surface area contributed by atoms with Crippen LogP contribution in [-0.4, -0.2) is 29.5 Å². The smallest absolute Gasteiger partial charge is 0.0929 e. The van der Waals surface area contributed by atoms with Crippen molar-refractivity contribution in [2.75, 3.05) is 19.6 Å². The highest BCUT2D eigenvalue weighted by Crippen LogP contribution is 2.13. The van der Waals surface area contributed by atoms with Gasteiger partial charge in [0.05, 0.1) is 16.6 Å². The molecule has 0 aliphatic heterocycles. The van der Waals surface area contributed by atoms with Gasteiger partial charge in [-0.05, 0) is 26.1 Å². The summed E-state index contributed by atoms with van der Waals surface area (Å²) in [6.07, 6.45) is 2.27. The van der Waals surface area contributed by atoms with E-state index >= 15 is 0 Å². The zero-order valence-electron chi connectivity index (χ0n) is 9.50. The third kappa shape index (κ3) is 4.49.